The largest absolute Gasteiger partial charge is 0.493 e. The molecule has 0 aromatic heterocycles. The molecule has 116 valence electrons. The van der Waals surface area contributed by atoms with E-state index in [9.17, 15) is 0 Å². The highest BCUT2D eigenvalue weighted by molar-refractivity contribution is 5.39. The molecule has 21 heavy (non-hydrogen) atoms. The summed E-state index contributed by atoms with van der Waals surface area (Å²) < 4.78 is 22.6. The Bertz CT molecular complexity index is 449. The second-order valence-electron chi connectivity index (χ2n) is 5.45. The third-order valence-corrected chi connectivity index (χ3v) is 4.17. The van der Waals surface area contributed by atoms with Crippen LogP contribution in [0, 0.1) is 0 Å². The molecule has 0 saturated carbocycles. The lowest BCUT2D eigenvalue weighted by molar-refractivity contribution is -0.185. The number of ether oxygens (including phenoxy) is 4. The van der Waals surface area contributed by atoms with Gasteiger partial charge in [0.15, 0.2) is 17.3 Å². The van der Waals surface area contributed by atoms with E-state index in [4.69, 9.17) is 18.9 Å². The van der Waals surface area contributed by atoms with E-state index >= 15 is 0 Å². The number of hydrogen-bond acceptors (Lipinski definition) is 5. The highest BCUT2D eigenvalue weighted by atomic mass is 16.7. The van der Waals surface area contributed by atoms with Gasteiger partial charge in [0.25, 0.3) is 0 Å². The van der Waals surface area contributed by atoms with E-state index < -0.39 is 0 Å². The lowest BCUT2D eigenvalue weighted by Gasteiger charge is -2.37. The van der Waals surface area contributed by atoms with Crippen LogP contribution in [0.15, 0.2) is 24.3 Å². The number of piperidine rings is 1. The zero-order valence-corrected chi connectivity index (χ0v) is 12.5. The average molecular weight is 293 g/mol. The summed E-state index contributed by atoms with van der Waals surface area (Å²) in [5.74, 6) is 1.29. The SMILES string of the molecule is COc1ccccc1OCCN1CCC2(CC1)OCCO2. The van der Waals surface area contributed by atoms with Crippen molar-refractivity contribution < 1.29 is 18.9 Å². The molecule has 1 spiro atoms. The molecule has 0 bridgehead atoms. The first-order chi connectivity index (χ1) is 10.3. The van der Waals surface area contributed by atoms with Gasteiger partial charge < -0.3 is 18.9 Å². The lowest BCUT2D eigenvalue weighted by Crippen LogP contribution is -2.46. The molecule has 0 aliphatic carbocycles. The van der Waals surface area contributed by atoms with Gasteiger partial charge in [-0.3, -0.25) is 4.90 Å². The molecular weight excluding hydrogens is 270 g/mol. The van der Waals surface area contributed by atoms with Gasteiger partial charge in [0, 0.05) is 32.5 Å². The maximum atomic E-state index is 5.82. The van der Waals surface area contributed by atoms with Crippen molar-refractivity contribution in [3.63, 3.8) is 0 Å². The summed E-state index contributed by atoms with van der Waals surface area (Å²) >= 11 is 0. The van der Waals surface area contributed by atoms with Gasteiger partial charge in [-0.1, -0.05) is 12.1 Å². The topological polar surface area (TPSA) is 40.2 Å². The Kier molecular flexibility index (Phi) is 4.63. The van der Waals surface area contributed by atoms with Crippen molar-refractivity contribution in [3.05, 3.63) is 24.3 Å². The van der Waals surface area contributed by atoms with Gasteiger partial charge in [-0.2, -0.15) is 0 Å². The van der Waals surface area contributed by atoms with E-state index in [1.54, 1.807) is 7.11 Å². The minimum atomic E-state index is -0.292. The van der Waals surface area contributed by atoms with Crippen LogP contribution in [-0.2, 0) is 9.47 Å². The highest BCUT2D eigenvalue weighted by Crippen LogP contribution is 2.31. The summed E-state index contributed by atoms with van der Waals surface area (Å²) in [7, 11) is 1.66. The Labute approximate surface area is 125 Å². The molecule has 0 amide bonds. The van der Waals surface area contributed by atoms with Gasteiger partial charge >= 0.3 is 0 Å². The second kappa shape index (κ2) is 6.64. The number of methoxy groups -OCH3 is 1. The van der Waals surface area contributed by atoms with Crippen LogP contribution in [0.4, 0.5) is 0 Å². The smallest absolute Gasteiger partial charge is 0.170 e. The Hall–Kier alpha value is -1.30. The maximum Gasteiger partial charge on any atom is 0.170 e. The monoisotopic (exact) mass is 293 g/mol. The molecule has 2 aliphatic heterocycles. The molecule has 0 unspecified atom stereocenters. The number of benzene rings is 1. The van der Waals surface area contributed by atoms with E-state index in [0.29, 0.717) is 6.61 Å². The fourth-order valence-corrected chi connectivity index (χ4v) is 2.93. The normalized spacial score (nSPS) is 21.6. The minimum Gasteiger partial charge on any atom is -0.493 e. The van der Waals surface area contributed by atoms with Gasteiger partial charge in [-0.05, 0) is 12.1 Å². The average Bonchev–Trinajstić information content (AvgIpc) is 2.98. The second-order valence-corrected chi connectivity index (χ2v) is 5.45. The molecular formula is C16H23NO4. The quantitative estimate of drug-likeness (QED) is 0.829. The van der Waals surface area contributed by atoms with Gasteiger partial charge in [-0.15, -0.1) is 0 Å². The zero-order chi connectivity index (χ0) is 14.5. The van der Waals surface area contributed by atoms with Crippen LogP contribution >= 0.6 is 0 Å². The van der Waals surface area contributed by atoms with Crippen LogP contribution in [0.2, 0.25) is 0 Å². The molecule has 0 radical (unpaired) electrons. The molecule has 1 aromatic rings. The lowest BCUT2D eigenvalue weighted by atomic mass is 10.0. The molecule has 5 heteroatoms. The van der Waals surface area contributed by atoms with E-state index in [1.807, 2.05) is 24.3 Å². The molecule has 1 aromatic carbocycles. The molecule has 2 saturated heterocycles. The van der Waals surface area contributed by atoms with E-state index in [2.05, 4.69) is 4.90 Å². The van der Waals surface area contributed by atoms with Gasteiger partial charge in [0.05, 0.1) is 20.3 Å². The van der Waals surface area contributed by atoms with Crippen molar-refractivity contribution in [2.24, 2.45) is 0 Å². The van der Waals surface area contributed by atoms with E-state index in [-0.39, 0.29) is 5.79 Å². The Morgan fingerprint density at radius 3 is 2.43 bits per heavy atom. The zero-order valence-electron chi connectivity index (χ0n) is 12.5. The van der Waals surface area contributed by atoms with Crippen LogP contribution in [0.3, 0.4) is 0 Å². The predicted molar refractivity (Wildman–Crippen MR) is 78.8 cm³/mol. The van der Waals surface area contributed by atoms with Crippen molar-refractivity contribution in [3.8, 4) is 11.5 Å². The number of hydrogen-bond donors (Lipinski definition) is 0. The van der Waals surface area contributed by atoms with Crippen LogP contribution in [0.5, 0.6) is 11.5 Å². The summed E-state index contributed by atoms with van der Waals surface area (Å²) in [6.45, 7) is 5.03. The van der Waals surface area contributed by atoms with E-state index in [0.717, 1.165) is 57.2 Å². The summed E-state index contributed by atoms with van der Waals surface area (Å²) in [4.78, 5) is 2.39. The first kappa shape index (κ1) is 14.6. The number of para-hydroxylation sites is 2. The molecule has 2 heterocycles. The maximum absolute atomic E-state index is 5.82. The summed E-state index contributed by atoms with van der Waals surface area (Å²) in [6, 6.07) is 7.74. The van der Waals surface area contributed by atoms with Crippen LogP contribution < -0.4 is 9.47 Å². The van der Waals surface area contributed by atoms with Crippen LogP contribution in [-0.4, -0.2) is 57.3 Å². The molecule has 2 aliphatic rings. The van der Waals surface area contributed by atoms with Gasteiger partial charge in [0.1, 0.15) is 6.61 Å². The summed E-state index contributed by atoms with van der Waals surface area (Å²) in [6.07, 6.45) is 1.89. The highest BCUT2D eigenvalue weighted by Gasteiger charge is 2.39. The summed E-state index contributed by atoms with van der Waals surface area (Å²) in [5.41, 5.74) is 0. The third kappa shape index (κ3) is 3.48. The van der Waals surface area contributed by atoms with Crippen LogP contribution in [0.1, 0.15) is 12.8 Å². The molecule has 5 nitrogen and oxygen atoms in total. The van der Waals surface area contributed by atoms with Crippen molar-refractivity contribution in [2.75, 3.05) is 46.6 Å². The molecule has 3 rings (SSSR count). The molecule has 0 atom stereocenters. The standard InChI is InChI=1S/C16H23NO4/c1-18-14-4-2-3-5-15(14)19-11-10-17-8-6-16(7-9-17)20-12-13-21-16/h2-5H,6-13H2,1H3. The Balaban J connectivity index is 1.42. The number of nitrogens with zero attached hydrogens (tertiary/aromatic N) is 1. The van der Waals surface area contributed by atoms with E-state index in [1.165, 1.54) is 0 Å². The van der Waals surface area contributed by atoms with Crippen molar-refractivity contribution in [2.45, 2.75) is 18.6 Å². The molecule has 0 N–H and O–H groups in total. The fourth-order valence-electron chi connectivity index (χ4n) is 2.93. The predicted octanol–water partition coefficient (Wildman–Crippen LogP) is 1.91. The van der Waals surface area contributed by atoms with Crippen molar-refractivity contribution in [1.29, 1.82) is 0 Å². The molecule has 2 fully saturated rings. The van der Waals surface area contributed by atoms with Crippen molar-refractivity contribution in [1.82, 2.24) is 4.90 Å². The Morgan fingerprint density at radius 2 is 1.76 bits per heavy atom. The van der Waals surface area contributed by atoms with Gasteiger partial charge in [0.2, 0.25) is 0 Å². The number of rotatable bonds is 5. The first-order valence-corrected chi connectivity index (χ1v) is 7.57. The first-order valence-electron chi connectivity index (χ1n) is 7.57. The third-order valence-electron chi connectivity index (χ3n) is 4.17. The van der Waals surface area contributed by atoms with Gasteiger partial charge in [-0.25, -0.2) is 0 Å². The minimum absolute atomic E-state index is 0.292. The summed E-state index contributed by atoms with van der Waals surface area (Å²) in [5, 5.41) is 0. The Morgan fingerprint density at radius 1 is 1.10 bits per heavy atom. The van der Waals surface area contributed by atoms with Crippen LogP contribution in [0.25, 0.3) is 0 Å². The fraction of sp³-hybridized carbons (Fsp3) is 0.625. The van der Waals surface area contributed by atoms with Crippen molar-refractivity contribution >= 4 is 0 Å². The number of likely N-dealkylation sites (tertiary alicyclic amines) is 1.